The number of rotatable bonds is 2. The maximum atomic E-state index is 6.94. The largest absolute Gasteiger partial charge is 0.480 e. The molecule has 0 aliphatic rings. The maximum Gasteiger partial charge on any atom is 0.346 e. The summed E-state index contributed by atoms with van der Waals surface area (Å²) in [6.07, 6.45) is 0. The van der Waals surface area contributed by atoms with Gasteiger partial charge in [-0.1, -0.05) is 30.3 Å². The normalized spacial score (nSPS) is 10.7. The molecule has 0 spiro atoms. The molecule has 0 bridgehead atoms. The Balaban J connectivity index is 1.70. The van der Waals surface area contributed by atoms with Gasteiger partial charge in [-0.05, 0) is 35.4 Å². The fourth-order valence-corrected chi connectivity index (χ4v) is 3.07. The quantitative estimate of drug-likeness (QED) is 0.440. The van der Waals surface area contributed by atoms with Crippen molar-refractivity contribution in [2.75, 3.05) is 0 Å². The van der Waals surface area contributed by atoms with E-state index in [1.807, 2.05) is 23.7 Å². The van der Waals surface area contributed by atoms with Crippen LogP contribution in [0.5, 0.6) is 0 Å². The van der Waals surface area contributed by atoms with E-state index < -0.39 is 0 Å². The van der Waals surface area contributed by atoms with E-state index in [0.29, 0.717) is 11.6 Å². The molecule has 3 nitrogen and oxygen atoms in total. The zero-order chi connectivity index (χ0) is 14.9. The van der Waals surface area contributed by atoms with Gasteiger partial charge in [-0.25, -0.2) is 4.98 Å². The van der Waals surface area contributed by atoms with Crippen molar-refractivity contribution in [1.29, 1.82) is 0 Å². The van der Waals surface area contributed by atoms with Crippen LogP contribution < -0.4 is 0 Å². The minimum atomic E-state index is 0.313. The second kappa shape index (κ2) is 5.14. The molecule has 104 valence electrons. The van der Waals surface area contributed by atoms with Gasteiger partial charge in [-0.2, -0.15) is 4.85 Å². The number of thiazole rings is 1. The number of aromatic nitrogens is 1. The Morgan fingerprint density at radius 3 is 2.45 bits per heavy atom. The minimum Gasteiger partial charge on any atom is -0.480 e. The zero-order valence-corrected chi connectivity index (χ0v) is 12.3. The van der Waals surface area contributed by atoms with Gasteiger partial charge in [0.25, 0.3) is 0 Å². The Morgan fingerprint density at radius 1 is 0.909 bits per heavy atom. The van der Waals surface area contributed by atoms with E-state index in [2.05, 4.69) is 40.2 Å². The fraction of sp³-hybridized carbons (Fsp3) is 0. The van der Waals surface area contributed by atoms with Gasteiger partial charge < -0.3 is 4.42 Å². The van der Waals surface area contributed by atoms with Gasteiger partial charge in [-0.15, -0.1) is 11.3 Å². The van der Waals surface area contributed by atoms with Crippen molar-refractivity contribution in [2.24, 2.45) is 0 Å². The summed E-state index contributed by atoms with van der Waals surface area (Å²) in [6, 6.07) is 18.0. The van der Waals surface area contributed by atoms with Gasteiger partial charge in [0.1, 0.15) is 5.76 Å². The highest BCUT2D eigenvalue weighted by Crippen LogP contribution is 2.30. The molecule has 2 aromatic heterocycles. The lowest BCUT2D eigenvalue weighted by molar-refractivity contribution is 0.607. The molecule has 0 amide bonds. The number of furan rings is 1. The highest BCUT2D eigenvalue weighted by molar-refractivity contribution is 7.16. The molecule has 22 heavy (non-hydrogen) atoms. The Labute approximate surface area is 131 Å². The summed E-state index contributed by atoms with van der Waals surface area (Å²) in [5.41, 5.74) is 6.14. The van der Waals surface area contributed by atoms with Gasteiger partial charge in [0.15, 0.2) is 0 Å². The van der Waals surface area contributed by atoms with Crippen molar-refractivity contribution in [3.05, 3.63) is 71.5 Å². The highest BCUT2D eigenvalue weighted by atomic mass is 32.1. The summed E-state index contributed by atoms with van der Waals surface area (Å²) in [4.78, 5) is 7.64. The van der Waals surface area contributed by atoms with Gasteiger partial charge in [0, 0.05) is 5.56 Å². The highest BCUT2D eigenvalue weighted by Gasteiger charge is 2.06. The van der Waals surface area contributed by atoms with E-state index in [-0.39, 0.29) is 0 Å². The van der Waals surface area contributed by atoms with Gasteiger partial charge in [0.2, 0.25) is 0 Å². The summed E-state index contributed by atoms with van der Waals surface area (Å²) in [6.45, 7) is 6.94. The third-order valence-corrected chi connectivity index (χ3v) is 4.35. The summed E-state index contributed by atoms with van der Waals surface area (Å²) in [5.74, 6) is 1.03. The lowest BCUT2D eigenvalue weighted by Gasteiger charge is -2.03. The lowest BCUT2D eigenvalue weighted by Crippen LogP contribution is -1.79. The molecule has 0 N–H and O–H groups in total. The molecule has 0 fully saturated rings. The first-order chi connectivity index (χ1) is 10.8. The molecule has 2 heterocycles. The van der Waals surface area contributed by atoms with Gasteiger partial charge >= 0.3 is 5.88 Å². The second-order valence-electron chi connectivity index (χ2n) is 4.86. The molecule has 0 aliphatic heterocycles. The van der Waals surface area contributed by atoms with E-state index in [9.17, 15) is 0 Å². The molecular weight excluding hydrogens is 292 g/mol. The standard InChI is InChI=1S/C18H10N2OS/c1-19-18-9-7-16(21-18)13-4-2-12(3-5-13)14-6-8-17-15(10-14)20-11-22-17/h2-11H. The van der Waals surface area contributed by atoms with Crippen LogP contribution in [0.1, 0.15) is 0 Å². The van der Waals surface area contributed by atoms with Crippen LogP contribution in [0.2, 0.25) is 0 Å². The van der Waals surface area contributed by atoms with Gasteiger partial charge in [-0.3, -0.25) is 0 Å². The first kappa shape index (κ1) is 12.8. The van der Waals surface area contributed by atoms with Crippen molar-refractivity contribution >= 4 is 27.4 Å². The van der Waals surface area contributed by atoms with E-state index >= 15 is 0 Å². The van der Waals surface area contributed by atoms with Crippen LogP contribution in [0, 0.1) is 6.57 Å². The predicted octanol–water partition coefficient (Wildman–Crippen LogP) is 5.77. The number of hydrogen-bond donors (Lipinski definition) is 0. The van der Waals surface area contributed by atoms with Crippen molar-refractivity contribution in [3.8, 4) is 22.5 Å². The first-order valence-corrected chi connectivity index (χ1v) is 7.63. The Morgan fingerprint density at radius 2 is 1.68 bits per heavy atom. The minimum absolute atomic E-state index is 0.313. The molecule has 4 aromatic rings. The average molecular weight is 302 g/mol. The predicted molar refractivity (Wildman–Crippen MR) is 89.0 cm³/mol. The van der Waals surface area contributed by atoms with Crippen LogP contribution in [-0.2, 0) is 0 Å². The molecule has 0 radical (unpaired) electrons. The van der Waals surface area contributed by atoms with Crippen molar-refractivity contribution in [2.45, 2.75) is 0 Å². The van der Waals surface area contributed by atoms with Crippen LogP contribution in [0.3, 0.4) is 0 Å². The average Bonchev–Trinajstić information content (AvgIpc) is 3.23. The monoisotopic (exact) mass is 302 g/mol. The topological polar surface area (TPSA) is 30.4 Å². The number of nitrogens with zero attached hydrogens (tertiary/aromatic N) is 2. The first-order valence-electron chi connectivity index (χ1n) is 6.75. The third-order valence-electron chi connectivity index (χ3n) is 3.54. The Kier molecular flexibility index (Phi) is 2.99. The van der Waals surface area contributed by atoms with Crippen molar-refractivity contribution in [3.63, 3.8) is 0 Å². The van der Waals surface area contributed by atoms with Crippen molar-refractivity contribution in [1.82, 2.24) is 4.98 Å². The van der Waals surface area contributed by atoms with Crippen LogP contribution in [0.15, 0.2) is 64.5 Å². The molecule has 0 saturated carbocycles. The fourth-order valence-electron chi connectivity index (χ4n) is 2.41. The summed E-state index contributed by atoms with van der Waals surface area (Å²) >= 11 is 1.65. The van der Waals surface area contributed by atoms with E-state index in [1.165, 1.54) is 4.70 Å². The van der Waals surface area contributed by atoms with Crippen LogP contribution in [0.25, 0.3) is 37.5 Å². The van der Waals surface area contributed by atoms with Gasteiger partial charge in [0.05, 0.1) is 22.3 Å². The molecule has 0 atom stereocenters. The molecule has 4 heteroatoms. The zero-order valence-electron chi connectivity index (χ0n) is 11.5. The van der Waals surface area contributed by atoms with Crippen molar-refractivity contribution < 1.29 is 4.42 Å². The summed E-state index contributed by atoms with van der Waals surface area (Å²) < 4.78 is 6.65. The molecule has 0 saturated heterocycles. The lowest BCUT2D eigenvalue weighted by atomic mass is 10.0. The SMILES string of the molecule is [C-]#[N+]c1ccc(-c2ccc(-c3ccc4scnc4c3)cc2)o1. The molecule has 2 aromatic carbocycles. The molecule has 4 rings (SSSR count). The number of hydrogen-bond acceptors (Lipinski definition) is 3. The molecule has 0 aliphatic carbocycles. The smallest absolute Gasteiger partial charge is 0.346 e. The van der Waals surface area contributed by atoms with Crippen LogP contribution >= 0.6 is 11.3 Å². The molecule has 0 unspecified atom stereocenters. The third kappa shape index (κ3) is 2.18. The Bertz CT molecular complexity index is 990. The van der Waals surface area contributed by atoms with E-state index in [4.69, 9.17) is 11.0 Å². The molecular formula is C18H10N2OS. The Hall–Kier alpha value is -2.90. The van der Waals surface area contributed by atoms with E-state index in [0.717, 1.165) is 22.2 Å². The van der Waals surface area contributed by atoms with Crippen LogP contribution in [-0.4, -0.2) is 4.98 Å². The summed E-state index contributed by atoms with van der Waals surface area (Å²) in [5, 5.41) is 0. The maximum absolute atomic E-state index is 6.94. The number of benzene rings is 2. The number of fused-ring (bicyclic) bond motifs is 1. The van der Waals surface area contributed by atoms with E-state index in [1.54, 1.807) is 17.4 Å². The second-order valence-corrected chi connectivity index (χ2v) is 5.75. The van der Waals surface area contributed by atoms with Crippen LogP contribution in [0.4, 0.5) is 5.88 Å². The summed E-state index contributed by atoms with van der Waals surface area (Å²) in [7, 11) is 0.